The second kappa shape index (κ2) is 5.87. The van der Waals surface area contributed by atoms with E-state index in [0.717, 1.165) is 24.2 Å². The zero-order valence-electron chi connectivity index (χ0n) is 12.7. The Morgan fingerprint density at radius 3 is 2.86 bits per heavy atom. The van der Waals surface area contributed by atoms with E-state index in [0.29, 0.717) is 13.0 Å². The van der Waals surface area contributed by atoms with Crippen molar-refractivity contribution in [1.29, 1.82) is 0 Å². The molecule has 2 aromatic rings. The van der Waals surface area contributed by atoms with Gasteiger partial charge >= 0.3 is 5.97 Å². The van der Waals surface area contributed by atoms with Crippen molar-refractivity contribution in [3.63, 3.8) is 0 Å². The minimum Gasteiger partial charge on any atom is -0.497 e. The standard InChI is InChI=1S/C16H19NO4S/c1-20-12-3-4-14-11(7-12)8-13(22-14)9-17-6-5-16(10-17,21-2)15(18)19/h3-4,7-8H,5-6,9-10H2,1-2H3,(H,18,19). The Hall–Kier alpha value is -1.63. The number of hydrogen-bond donors (Lipinski definition) is 1. The van der Waals surface area contributed by atoms with Crippen molar-refractivity contribution in [2.24, 2.45) is 0 Å². The number of carboxylic acids is 1. The Labute approximate surface area is 133 Å². The maximum Gasteiger partial charge on any atom is 0.337 e. The molecular formula is C16H19NO4S. The molecule has 1 aliphatic rings. The maximum absolute atomic E-state index is 11.4. The summed E-state index contributed by atoms with van der Waals surface area (Å²) in [5.74, 6) is -0.0270. The van der Waals surface area contributed by atoms with E-state index in [2.05, 4.69) is 17.0 Å². The van der Waals surface area contributed by atoms with Crippen LogP contribution in [0.3, 0.4) is 0 Å². The maximum atomic E-state index is 11.4. The van der Waals surface area contributed by atoms with Crippen molar-refractivity contribution in [1.82, 2.24) is 4.90 Å². The van der Waals surface area contributed by atoms with Gasteiger partial charge in [0.05, 0.1) is 7.11 Å². The molecule has 22 heavy (non-hydrogen) atoms. The van der Waals surface area contributed by atoms with Gasteiger partial charge < -0.3 is 14.6 Å². The van der Waals surface area contributed by atoms with Crippen LogP contribution in [0.4, 0.5) is 0 Å². The molecular weight excluding hydrogens is 302 g/mol. The molecule has 3 rings (SSSR count). The van der Waals surface area contributed by atoms with Crippen LogP contribution >= 0.6 is 11.3 Å². The van der Waals surface area contributed by atoms with Crippen LogP contribution in [0.2, 0.25) is 0 Å². The number of rotatable bonds is 5. The van der Waals surface area contributed by atoms with Gasteiger partial charge in [-0.1, -0.05) is 0 Å². The van der Waals surface area contributed by atoms with E-state index in [-0.39, 0.29) is 0 Å². The van der Waals surface area contributed by atoms with Crippen molar-refractivity contribution < 1.29 is 19.4 Å². The molecule has 1 aromatic carbocycles. The van der Waals surface area contributed by atoms with Gasteiger partial charge in [-0.2, -0.15) is 0 Å². The van der Waals surface area contributed by atoms with Gasteiger partial charge in [-0.15, -0.1) is 11.3 Å². The van der Waals surface area contributed by atoms with Crippen LogP contribution in [0.15, 0.2) is 24.3 Å². The molecule has 1 aromatic heterocycles. The molecule has 118 valence electrons. The van der Waals surface area contributed by atoms with Gasteiger partial charge in [0.25, 0.3) is 0 Å². The number of nitrogens with zero attached hydrogens (tertiary/aromatic N) is 1. The first-order valence-corrected chi connectivity index (χ1v) is 7.95. The lowest BCUT2D eigenvalue weighted by atomic mass is 10.0. The summed E-state index contributed by atoms with van der Waals surface area (Å²) in [6.07, 6.45) is 0.525. The van der Waals surface area contributed by atoms with Crippen LogP contribution in [0.1, 0.15) is 11.3 Å². The molecule has 1 atom stereocenters. The molecule has 0 spiro atoms. The fourth-order valence-electron chi connectivity index (χ4n) is 2.92. The van der Waals surface area contributed by atoms with Crippen LogP contribution in [0.25, 0.3) is 10.1 Å². The molecule has 0 radical (unpaired) electrons. The van der Waals surface area contributed by atoms with Crippen molar-refractivity contribution in [2.75, 3.05) is 27.3 Å². The fourth-order valence-corrected chi connectivity index (χ4v) is 4.01. The number of methoxy groups -OCH3 is 2. The Morgan fingerprint density at radius 2 is 2.23 bits per heavy atom. The highest BCUT2D eigenvalue weighted by atomic mass is 32.1. The van der Waals surface area contributed by atoms with Gasteiger partial charge in [-0.3, -0.25) is 4.90 Å². The summed E-state index contributed by atoms with van der Waals surface area (Å²) in [4.78, 5) is 14.8. The molecule has 5 nitrogen and oxygen atoms in total. The second-order valence-corrected chi connectivity index (χ2v) is 6.75. The first kappa shape index (κ1) is 15.3. The minimum absolute atomic E-state index is 0.427. The van der Waals surface area contributed by atoms with Gasteiger partial charge in [-0.05, 0) is 29.7 Å². The molecule has 2 heterocycles. The zero-order chi connectivity index (χ0) is 15.7. The minimum atomic E-state index is -1.06. The number of ether oxygens (including phenoxy) is 2. The second-order valence-electron chi connectivity index (χ2n) is 5.58. The third-order valence-electron chi connectivity index (χ3n) is 4.25. The summed E-state index contributed by atoms with van der Waals surface area (Å²) in [6.45, 7) is 1.91. The highest BCUT2D eigenvalue weighted by Crippen LogP contribution is 2.32. The molecule has 0 aliphatic carbocycles. The number of fused-ring (bicyclic) bond motifs is 1. The van der Waals surface area contributed by atoms with E-state index >= 15 is 0 Å². The number of carboxylic acid groups (broad SMARTS) is 1. The van der Waals surface area contributed by atoms with Crippen molar-refractivity contribution in [2.45, 2.75) is 18.6 Å². The Kier molecular flexibility index (Phi) is 4.08. The van der Waals surface area contributed by atoms with Crippen molar-refractivity contribution >= 4 is 27.4 Å². The van der Waals surface area contributed by atoms with Gasteiger partial charge in [0, 0.05) is 42.7 Å². The average Bonchev–Trinajstić information content (AvgIpc) is 3.10. The summed E-state index contributed by atoms with van der Waals surface area (Å²) in [7, 11) is 3.14. The van der Waals surface area contributed by atoms with Gasteiger partial charge in [0.1, 0.15) is 5.75 Å². The highest BCUT2D eigenvalue weighted by molar-refractivity contribution is 7.19. The largest absolute Gasteiger partial charge is 0.497 e. The normalized spacial score (nSPS) is 22.3. The Bertz CT molecular complexity index is 699. The number of likely N-dealkylation sites (tertiary alicyclic amines) is 1. The van der Waals surface area contributed by atoms with E-state index in [1.807, 2.05) is 12.1 Å². The SMILES string of the molecule is COc1ccc2sc(CN3CCC(OC)(C(=O)O)C3)cc2c1. The van der Waals surface area contributed by atoms with Gasteiger partial charge in [0.2, 0.25) is 0 Å². The lowest BCUT2D eigenvalue weighted by molar-refractivity contribution is -0.160. The number of hydrogen-bond acceptors (Lipinski definition) is 5. The Balaban J connectivity index is 1.75. The van der Waals surface area contributed by atoms with E-state index in [9.17, 15) is 9.90 Å². The summed E-state index contributed by atoms with van der Waals surface area (Å²) >= 11 is 1.73. The van der Waals surface area contributed by atoms with E-state index in [4.69, 9.17) is 9.47 Å². The number of benzene rings is 1. The van der Waals surface area contributed by atoms with E-state index < -0.39 is 11.6 Å². The van der Waals surface area contributed by atoms with Crippen LogP contribution in [0, 0.1) is 0 Å². The first-order chi connectivity index (χ1) is 10.6. The van der Waals surface area contributed by atoms with Crippen LogP contribution in [-0.2, 0) is 16.1 Å². The smallest absolute Gasteiger partial charge is 0.337 e. The molecule has 0 bridgehead atoms. The highest BCUT2D eigenvalue weighted by Gasteiger charge is 2.45. The number of thiophene rings is 1. The quantitative estimate of drug-likeness (QED) is 0.917. The predicted molar refractivity (Wildman–Crippen MR) is 85.6 cm³/mol. The van der Waals surface area contributed by atoms with Gasteiger partial charge in [-0.25, -0.2) is 4.79 Å². The Morgan fingerprint density at radius 1 is 1.41 bits per heavy atom. The molecule has 1 aliphatic heterocycles. The molecule has 1 saturated heterocycles. The van der Waals surface area contributed by atoms with Gasteiger partial charge in [0.15, 0.2) is 5.60 Å². The number of carbonyl (C=O) groups is 1. The molecule has 0 saturated carbocycles. The van der Waals surface area contributed by atoms with Crippen LogP contribution < -0.4 is 4.74 Å². The molecule has 1 N–H and O–H groups in total. The fraction of sp³-hybridized carbons (Fsp3) is 0.438. The predicted octanol–water partition coefficient (Wildman–Crippen LogP) is 2.59. The topological polar surface area (TPSA) is 59.0 Å². The molecule has 6 heteroatoms. The summed E-state index contributed by atoms with van der Waals surface area (Å²) in [5, 5.41) is 10.5. The molecule has 1 fully saturated rings. The third kappa shape index (κ3) is 2.69. The van der Waals surface area contributed by atoms with Crippen molar-refractivity contribution in [3.05, 3.63) is 29.1 Å². The van der Waals surface area contributed by atoms with Crippen LogP contribution in [-0.4, -0.2) is 48.9 Å². The van der Waals surface area contributed by atoms with E-state index in [1.54, 1.807) is 18.4 Å². The lowest BCUT2D eigenvalue weighted by Gasteiger charge is -2.22. The summed E-state index contributed by atoms with van der Waals surface area (Å²) in [6, 6.07) is 8.19. The summed E-state index contributed by atoms with van der Waals surface area (Å²) in [5.41, 5.74) is -1.06. The lowest BCUT2D eigenvalue weighted by Crippen LogP contribution is -2.43. The molecule has 1 unspecified atom stereocenters. The number of aliphatic carboxylic acids is 1. The first-order valence-electron chi connectivity index (χ1n) is 7.14. The average molecular weight is 321 g/mol. The van der Waals surface area contributed by atoms with Crippen LogP contribution in [0.5, 0.6) is 5.75 Å². The molecule has 0 amide bonds. The summed E-state index contributed by atoms with van der Waals surface area (Å²) < 4.78 is 11.7. The van der Waals surface area contributed by atoms with E-state index in [1.165, 1.54) is 16.7 Å². The third-order valence-corrected chi connectivity index (χ3v) is 5.35. The monoisotopic (exact) mass is 321 g/mol. The van der Waals surface area contributed by atoms with Crippen molar-refractivity contribution in [3.8, 4) is 5.75 Å². The zero-order valence-corrected chi connectivity index (χ0v) is 13.5.